The minimum Gasteiger partial charge on any atom is -0.496 e. The second-order valence-corrected chi connectivity index (χ2v) is 5.71. The van der Waals surface area contributed by atoms with Crippen molar-refractivity contribution in [3.63, 3.8) is 0 Å². The first-order valence-corrected chi connectivity index (χ1v) is 7.84. The SMILES string of the molecule is COc1ccccc1C(=O)NC[C@H](Cc1ccccc1Cl)C(N)=O. The minimum absolute atomic E-state index is 0.122. The van der Waals surface area contributed by atoms with E-state index in [1.54, 1.807) is 30.3 Å². The molecule has 0 heterocycles. The first kappa shape index (κ1) is 17.8. The molecule has 0 aliphatic rings. The number of amides is 2. The van der Waals surface area contributed by atoms with Gasteiger partial charge < -0.3 is 15.8 Å². The molecule has 5 nitrogen and oxygen atoms in total. The van der Waals surface area contributed by atoms with Gasteiger partial charge in [0.15, 0.2) is 0 Å². The average Bonchev–Trinajstić information content (AvgIpc) is 2.59. The van der Waals surface area contributed by atoms with E-state index in [0.29, 0.717) is 22.8 Å². The third-order valence-electron chi connectivity index (χ3n) is 3.69. The molecule has 0 saturated heterocycles. The summed E-state index contributed by atoms with van der Waals surface area (Å²) in [5, 5.41) is 3.30. The lowest BCUT2D eigenvalue weighted by Gasteiger charge is -2.16. The molecule has 0 aliphatic carbocycles. The molecule has 126 valence electrons. The monoisotopic (exact) mass is 346 g/mol. The molecule has 0 bridgehead atoms. The normalized spacial score (nSPS) is 11.6. The number of nitrogens with two attached hydrogens (primary N) is 1. The maximum absolute atomic E-state index is 12.3. The van der Waals surface area contributed by atoms with Crippen LogP contribution in [-0.2, 0) is 11.2 Å². The van der Waals surface area contributed by atoms with Crippen molar-refractivity contribution >= 4 is 23.4 Å². The quantitative estimate of drug-likeness (QED) is 0.807. The van der Waals surface area contributed by atoms with E-state index < -0.39 is 11.8 Å². The Morgan fingerprint density at radius 1 is 1.17 bits per heavy atom. The smallest absolute Gasteiger partial charge is 0.255 e. The molecule has 0 radical (unpaired) electrons. The molecule has 2 amide bonds. The van der Waals surface area contributed by atoms with Crippen LogP contribution < -0.4 is 15.8 Å². The number of methoxy groups -OCH3 is 1. The van der Waals surface area contributed by atoms with Gasteiger partial charge in [-0.05, 0) is 30.2 Å². The molecule has 0 spiro atoms. The van der Waals surface area contributed by atoms with E-state index in [9.17, 15) is 9.59 Å². The van der Waals surface area contributed by atoms with Crippen LogP contribution in [0.4, 0.5) is 0 Å². The van der Waals surface area contributed by atoms with E-state index in [-0.39, 0.29) is 12.5 Å². The van der Waals surface area contributed by atoms with Crippen LogP contribution in [0, 0.1) is 5.92 Å². The Morgan fingerprint density at radius 2 is 1.83 bits per heavy atom. The van der Waals surface area contributed by atoms with Gasteiger partial charge in [-0.2, -0.15) is 0 Å². The Bertz CT molecular complexity index is 734. The number of rotatable bonds is 7. The van der Waals surface area contributed by atoms with E-state index in [1.165, 1.54) is 7.11 Å². The molecular weight excluding hydrogens is 328 g/mol. The summed E-state index contributed by atoms with van der Waals surface area (Å²) in [6.45, 7) is 0.122. The largest absolute Gasteiger partial charge is 0.496 e. The fraction of sp³-hybridized carbons (Fsp3) is 0.222. The van der Waals surface area contributed by atoms with Crippen molar-refractivity contribution in [1.29, 1.82) is 0 Å². The van der Waals surface area contributed by atoms with E-state index >= 15 is 0 Å². The molecule has 24 heavy (non-hydrogen) atoms. The van der Waals surface area contributed by atoms with Crippen molar-refractivity contribution in [2.45, 2.75) is 6.42 Å². The van der Waals surface area contributed by atoms with Crippen LogP contribution in [0.15, 0.2) is 48.5 Å². The molecule has 2 aromatic carbocycles. The van der Waals surface area contributed by atoms with Crippen LogP contribution in [0.2, 0.25) is 5.02 Å². The Balaban J connectivity index is 2.05. The van der Waals surface area contributed by atoms with Crippen LogP contribution in [0.1, 0.15) is 15.9 Å². The summed E-state index contributed by atoms with van der Waals surface area (Å²) in [4.78, 5) is 24.0. The highest BCUT2D eigenvalue weighted by Crippen LogP contribution is 2.19. The molecule has 6 heteroatoms. The zero-order valence-electron chi connectivity index (χ0n) is 13.3. The molecule has 2 aromatic rings. The minimum atomic E-state index is -0.552. The van der Waals surface area contributed by atoms with Gasteiger partial charge in [0.05, 0.1) is 18.6 Å². The number of carbonyl (C=O) groups is 2. The van der Waals surface area contributed by atoms with Gasteiger partial charge in [0, 0.05) is 11.6 Å². The summed E-state index contributed by atoms with van der Waals surface area (Å²) in [6.07, 6.45) is 0.362. The van der Waals surface area contributed by atoms with Crippen molar-refractivity contribution in [1.82, 2.24) is 5.32 Å². The number of halogens is 1. The van der Waals surface area contributed by atoms with E-state index in [2.05, 4.69) is 5.32 Å². The second-order valence-electron chi connectivity index (χ2n) is 5.31. The molecule has 0 fully saturated rings. The van der Waals surface area contributed by atoms with Crippen molar-refractivity contribution in [3.8, 4) is 5.75 Å². The van der Waals surface area contributed by atoms with Gasteiger partial charge in [-0.15, -0.1) is 0 Å². The van der Waals surface area contributed by atoms with Gasteiger partial charge >= 0.3 is 0 Å². The molecular formula is C18H19ClN2O3. The fourth-order valence-electron chi connectivity index (χ4n) is 2.35. The Hall–Kier alpha value is -2.53. The zero-order valence-corrected chi connectivity index (χ0v) is 14.0. The maximum atomic E-state index is 12.3. The summed E-state index contributed by atoms with van der Waals surface area (Å²) in [7, 11) is 1.50. The van der Waals surface area contributed by atoms with Gasteiger partial charge in [0.2, 0.25) is 5.91 Å². The Morgan fingerprint density at radius 3 is 2.50 bits per heavy atom. The lowest BCUT2D eigenvalue weighted by molar-refractivity contribution is -0.121. The summed E-state index contributed by atoms with van der Waals surface area (Å²) >= 11 is 6.12. The number of benzene rings is 2. The number of para-hydroxylation sites is 1. The number of hydrogen-bond donors (Lipinski definition) is 2. The number of ether oxygens (including phenoxy) is 1. The summed E-state index contributed by atoms with van der Waals surface area (Å²) in [5.74, 6) is -0.895. The third-order valence-corrected chi connectivity index (χ3v) is 4.06. The van der Waals surface area contributed by atoms with Crippen LogP contribution >= 0.6 is 11.6 Å². The predicted octanol–water partition coefficient (Wildman–Crippen LogP) is 2.42. The highest BCUT2D eigenvalue weighted by Gasteiger charge is 2.19. The number of nitrogens with one attached hydrogen (secondary N) is 1. The van der Waals surface area contributed by atoms with Gasteiger partial charge in [0.25, 0.3) is 5.91 Å². The van der Waals surface area contributed by atoms with Crippen LogP contribution in [0.3, 0.4) is 0 Å². The van der Waals surface area contributed by atoms with Gasteiger partial charge in [0.1, 0.15) is 5.75 Å². The molecule has 0 unspecified atom stereocenters. The summed E-state index contributed by atoms with van der Waals surface area (Å²) < 4.78 is 5.16. The predicted molar refractivity (Wildman–Crippen MR) is 93.2 cm³/mol. The second kappa shape index (κ2) is 8.36. The van der Waals surface area contributed by atoms with E-state index in [1.807, 2.05) is 18.2 Å². The standard InChI is InChI=1S/C18H19ClN2O3/c1-24-16-9-5-3-7-14(16)18(23)21-11-13(17(20)22)10-12-6-2-4-8-15(12)19/h2-9,13H,10-11H2,1H3,(H2,20,22)(H,21,23)/t13-/m0/s1. The van der Waals surface area contributed by atoms with Crippen molar-refractivity contribution in [2.75, 3.05) is 13.7 Å². The summed E-state index contributed by atoms with van der Waals surface area (Å²) in [6, 6.07) is 14.1. The Labute approximate surface area is 145 Å². The van der Waals surface area contributed by atoms with Crippen molar-refractivity contribution < 1.29 is 14.3 Å². The average molecular weight is 347 g/mol. The summed E-state index contributed by atoms with van der Waals surface area (Å²) in [5.41, 5.74) is 6.68. The number of carbonyl (C=O) groups excluding carboxylic acids is 2. The van der Waals surface area contributed by atoms with Gasteiger partial charge in [-0.25, -0.2) is 0 Å². The first-order chi connectivity index (χ1) is 11.5. The topological polar surface area (TPSA) is 81.4 Å². The highest BCUT2D eigenvalue weighted by atomic mass is 35.5. The molecule has 3 N–H and O–H groups in total. The number of hydrogen-bond acceptors (Lipinski definition) is 3. The fourth-order valence-corrected chi connectivity index (χ4v) is 2.56. The lowest BCUT2D eigenvalue weighted by atomic mass is 9.98. The van der Waals surface area contributed by atoms with Gasteiger partial charge in [-0.3, -0.25) is 9.59 Å². The van der Waals surface area contributed by atoms with Crippen LogP contribution in [0.5, 0.6) is 5.75 Å². The van der Waals surface area contributed by atoms with Crippen LogP contribution in [-0.4, -0.2) is 25.5 Å². The first-order valence-electron chi connectivity index (χ1n) is 7.47. The van der Waals surface area contributed by atoms with E-state index in [4.69, 9.17) is 22.1 Å². The lowest BCUT2D eigenvalue weighted by Crippen LogP contribution is -2.37. The molecule has 1 atom stereocenters. The molecule has 0 aromatic heterocycles. The Kier molecular flexibility index (Phi) is 6.21. The molecule has 0 saturated carbocycles. The van der Waals surface area contributed by atoms with Gasteiger partial charge in [-0.1, -0.05) is 41.9 Å². The molecule has 0 aliphatic heterocycles. The van der Waals surface area contributed by atoms with Crippen LogP contribution in [0.25, 0.3) is 0 Å². The van der Waals surface area contributed by atoms with E-state index in [0.717, 1.165) is 5.56 Å². The third kappa shape index (κ3) is 4.49. The maximum Gasteiger partial charge on any atom is 0.255 e. The molecule has 2 rings (SSSR count). The zero-order chi connectivity index (χ0) is 17.5. The highest BCUT2D eigenvalue weighted by molar-refractivity contribution is 6.31. The number of primary amides is 1. The van der Waals surface area contributed by atoms with Crippen molar-refractivity contribution in [2.24, 2.45) is 11.7 Å². The van der Waals surface area contributed by atoms with Crippen molar-refractivity contribution in [3.05, 3.63) is 64.7 Å².